The quantitative estimate of drug-likeness (QED) is 0.167. The van der Waals surface area contributed by atoms with Crippen LogP contribution in [0.2, 0.25) is 0 Å². The first-order valence-corrected chi connectivity index (χ1v) is 19.0. The summed E-state index contributed by atoms with van der Waals surface area (Å²) in [5.41, 5.74) is 5.90. The van der Waals surface area contributed by atoms with E-state index >= 15 is 0 Å². The van der Waals surface area contributed by atoms with Gasteiger partial charge < -0.3 is 4.90 Å². The third-order valence-electron chi connectivity index (χ3n) is 10.5. The van der Waals surface area contributed by atoms with Gasteiger partial charge in [-0.05, 0) is 104 Å². The molecule has 0 aliphatic rings. The maximum atomic E-state index is 2.42. The number of thiophene rings is 2. The van der Waals surface area contributed by atoms with Crippen molar-refractivity contribution in [1.29, 1.82) is 0 Å². The largest absolute Gasteiger partial charge is 0.310 e. The molecular weight excluding hydrogens is 655 g/mol. The average Bonchev–Trinajstić information content (AvgIpc) is 3.76. The number of anilines is 3. The fourth-order valence-electron chi connectivity index (χ4n) is 8.05. The topological polar surface area (TPSA) is 3.24 Å². The van der Waals surface area contributed by atoms with E-state index in [2.05, 4.69) is 181 Å². The van der Waals surface area contributed by atoms with E-state index in [0.717, 1.165) is 17.1 Å². The van der Waals surface area contributed by atoms with Gasteiger partial charge in [0.05, 0.1) is 0 Å². The van der Waals surface area contributed by atoms with E-state index in [-0.39, 0.29) is 0 Å². The zero-order chi connectivity index (χ0) is 33.5. The van der Waals surface area contributed by atoms with Crippen molar-refractivity contribution >= 4 is 112 Å². The Balaban J connectivity index is 1.07. The molecule has 0 N–H and O–H groups in total. The van der Waals surface area contributed by atoms with E-state index < -0.39 is 0 Å². The van der Waals surface area contributed by atoms with Crippen molar-refractivity contribution in [3.8, 4) is 11.1 Å². The van der Waals surface area contributed by atoms with Gasteiger partial charge in [-0.1, -0.05) is 115 Å². The van der Waals surface area contributed by atoms with Gasteiger partial charge in [0.1, 0.15) is 0 Å². The molecule has 0 bridgehead atoms. The molecule has 0 saturated carbocycles. The molecule has 2 heterocycles. The first-order chi connectivity index (χ1) is 25.3. The summed E-state index contributed by atoms with van der Waals surface area (Å²) in [6.07, 6.45) is 0. The van der Waals surface area contributed by atoms with E-state index in [9.17, 15) is 0 Å². The number of hydrogen-bond donors (Lipinski definition) is 0. The van der Waals surface area contributed by atoms with Gasteiger partial charge in [0.25, 0.3) is 0 Å². The van der Waals surface area contributed by atoms with Gasteiger partial charge in [-0.25, -0.2) is 0 Å². The van der Waals surface area contributed by atoms with Crippen LogP contribution >= 0.6 is 22.7 Å². The Hall–Kier alpha value is -6.00. The van der Waals surface area contributed by atoms with Gasteiger partial charge in [-0.3, -0.25) is 0 Å². The lowest BCUT2D eigenvalue weighted by atomic mass is 9.92. The van der Waals surface area contributed by atoms with Crippen molar-refractivity contribution in [3.63, 3.8) is 0 Å². The summed E-state index contributed by atoms with van der Waals surface area (Å²) < 4.78 is 5.27. The SMILES string of the molecule is c1ccc2c(c1)ccc1c3cccc(-c4ccc(N(c5ccc6sc7ccccc7c6c5)c5ccc6sc7ccccc7c6c5)cc4)c3ccc21. The van der Waals surface area contributed by atoms with E-state index in [1.165, 1.54) is 83.8 Å². The van der Waals surface area contributed by atoms with Crippen LogP contribution in [0.15, 0.2) is 176 Å². The van der Waals surface area contributed by atoms with Gasteiger partial charge in [0, 0.05) is 57.4 Å². The number of rotatable bonds is 4. The van der Waals surface area contributed by atoms with Crippen molar-refractivity contribution in [2.45, 2.75) is 0 Å². The van der Waals surface area contributed by atoms with E-state index in [0.29, 0.717) is 0 Å². The molecule has 0 aliphatic heterocycles. The van der Waals surface area contributed by atoms with Crippen LogP contribution in [0.5, 0.6) is 0 Å². The number of hydrogen-bond acceptors (Lipinski definition) is 3. The molecule has 51 heavy (non-hydrogen) atoms. The summed E-state index contributed by atoms with van der Waals surface area (Å²) in [5, 5.41) is 12.9. The Kier molecular flexibility index (Phi) is 6.36. The summed E-state index contributed by atoms with van der Waals surface area (Å²) in [6, 6.07) is 65.1. The van der Waals surface area contributed by atoms with Gasteiger partial charge >= 0.3 is 0 Å². The Morgan fingerprint density at radius 2 is 0.784 bits per heavy atom. The molecule has 0 saturated heterocycles. The molecule has 0 amide bonds. The molecule has 0 spiro atoms. The zero-order valence-electron chi connectivity index (χ0n) is 27.5. The predicted octanol–water partition coefficient (Wildman–Crippen LogP) is 15.0. The predicted molar refractivity (Wildman–Crippen MR) is 225 cm³/mol. The summed E-state index contributed by atoms with van der Waals surface area (Å²) in [5.74, 6) is 0. The highest BCUT2D eigenvalue weighted by molar-refractivity contribution is 7.26. The molecule has 0 unspecified atom stereocenters. The molecule has 1 nitrogen and oxygen atoms in total. The molecule has 11 rings (SSSR count). The van der Waals surface area contributed by atoms with Gasteiger partial charge in [0.15, 0.2) is 0 Å². The molecule has 0 atom stereocenters. The number of nitrogens with zero attached hydrogens (tertiary/aromatic N) is 1. The van der Waals surface area contributed by atoms with Crippen LogP contribution in [0.3, 0.4) is 0 Å². The molecule has 0 radical (unpaired) electrons. The Morgan fingerprint density at radius 1 is 0.294 bits per heavy atom. The average molecular weight is 684 g/mol. The first kappa shape index (κ1) is 28.8. The van der Waals surface area contributed by atoms with E-state index in [1.807, 2.05) is 22.7 Å². The van der Waals surface area contributed by atoms with Crippen molar-refractivity contribution in [1.82, 2.24) is 0 Å². The number of benzene rings is 9. The molecular formula is C48H29NS2. The highest BCUT2D eigenvalue weighted by atomic mass is 32.1. The van der Waals surface area contributed by atoms with Gasteiger partial charge in [0.2, 0.25) is 0 Å². The van der Waals surface area contributed by atoms with Crippen molar-refractivity contribution < 1.29 is 0 Å². The maximum absolute atomic E-state index is 2.42. The molecule has 3 heteroatoms. The molecule has 11 aromatic rings. The van der Waals surface area contributed by atoms with Gasteiger partial charge in [-0.2, -0.15) is 0 Å². The monoisotopic (exact) mass is 683 g/mol. The van der Waals surface area contributed by atoms with Crippen LogP contribution in [0.1, 0.15) is 0 Å². The minimum atomic E-state index is 1.13. The summed E-state index contributed by atoms with van der Waals surface area (Å²) >= 11 is 3.72. The van der Waals surface area contributed by atoms with Crippen molar-refractivity contribution in [2.24, 2.45) is 0 Å². The van der Waals surface area contributed by atoms with Crippen LogP contribution in [0, 0.1) is 0 Å². The van der Waals surface area contributed by atoms with E-state index in [1.54, 1.807) is 0 Å². The standard InChI is InChI=1S/C48H29NS2/c1-2-9-35-30(8-1)18-23-40-37-13-7-12-36(38(37)24-25-39(35)40)31-16-19-32(20-17-31)49(33-21-26-47-43(28-33)41-10-3-5-14-45(41)50-47)34-22-27-48-44(29-34)42-11-4-6-15-46(42)51-48/h1-29H. The molecule has 0 fully saturated rings. The lowest BCUT2D eigenvalue weighted by molar-refractivity contribution is 1.30. The summed E-state index contributed by atoms with van der Waals surface area (Å²) in [6.45, 7) is 0. The second-order valence-corrected chi connectivity index (χ2v) is 15.5. The third kappa shape index (κ3) is 4.52. The van der Waals surface area contributed by atoms with E-state index in [4.69, 9.17) is 0 Å². The van der Waals surface area contributed by atoms with Crippen LogP contribution in [0.25, 0.3) is 83.8 Å². The van der Waals surface area contributed by atoms with Gasteiger partial charge in [-0.15, -0.1) is 22.7 Å². The Morgan fingerprint density at radius 3 is 1.47 bits per heavy atom. The van der Waals surface area contributed by atoms with Crippen LogP contribution < -0.4 is 4.90 Å². The fraction of sp³-hybridized carbons (Fsp3) is 0. The zero-order valence-corrected chi connectivity index (χ0v) is 29.1. The smallest absolute Gasteiger partial charge is 0.0468 e. The van der Waals surface area contributed by atoms with Crippen LogP contribution in [0.4, 0.5) is 17.1 Å². The lowest BCUT2D eigenvalue weighted by Crippen LogP contribution is -2.09. The molecule has 238 valence electrons. The van der Waals surface area contributed by atoms with Crippen molar-refractivity contribution in [2.75, 3.05) is 4.90 Å². The minimum Gasteiger partial charge on any atom is -0.310 e. The van der Waals surface area contributed by atoms with Crippen LogP contribution in [-0.2, 0) is 0 Å². The minimum absolute atomic E-state index is 1.13. The molecule has 0 aliphatic carbocycles. The third-order valence-corrected chi connectivity index (χ3v) is 12.8. The summed E-state index contributed by atoms with van der Waals surface area (Å²) in [4.78, 5) is 2.42. The second kappa shape index (κ2) is 11.3. The normalized spacial score (nSPS) is 11.9. The fourth-order valence-corrected chi connectivity index (χ4v) is 10.2. The lowest BCUT2D eigenvalue weighted by Gasteiger charge is -2.26. The van der Waals surface area contributed by atoms with Crippen LogP contribution in [-0.4, -0.2) is 0 Å². The Bertz CT molecular complexity index is 3030. The highest BCUT2D eigenvalue weighted by Crippen LogP contribution is 2.44. The highest BCUT2D eigenvalue weighted by Gasteiger charge is 2.17. The number of fused-ring (bicyclic) bond motifs is 11. The molecule has 2 aromatic heterocycles. The van der Waals surface area contributed by atoms with Crippen molar-refractivity contribution in [3.05, 3.63) is 176 Å². The molecule has 9 aromatic carbocycles. The maximum Gasteiger partial charge on any atom is 0.0468 e. The second-order valence-electron chi connectivity index (χ2n) is 13.3. The first-order valence-electron chi connectivity index (χ1n) is 17.3. The Labute approximate surface area is 302 Å². The summed E-state index contributed by atoms with van der Waals surface area (Å²) in [7, 11) is 0.